The molecule has 0 bridgehead atoms. The molecule has 0 unspecified atom stereocenters. The molecule has 1 fully saturated rings. The van der Waals surface area contributed by atoms with E-state index in [2.05, 4.69) is 18.7 Å². The number of hydrogen-bond donors (Lipinski definition) is 0. The van der Waals surface area contributed by atoms with Crippen molar-refractivity contribution in [1.82, 2.24) is 4.31 Å². The SMILES string of the molecule is C=C[C@@H]1C[C@@H](c2ccc(C)cc2)O[C@@H](c2ccccc2)N1S(=O)(=O)c1ccc(C)cc1. The lowest BCUT2D eigenvalue weighted by Gasteiger charge is -2.43. The first-order chi connectivity index (χ1) is 14.9. The van der Waals surface area contributed by atoms with Gasteiger partial charge in [0.2, 0.25) is 10.0 Å². The first-order valence-electron chi connectivity index (χ1n) is 10.4. The first kappa shape index (κ1) is 21.5. The van der Waals surface area contributed by atoms with Crippen molar-refractivity contribution in [3.05, 3.63) is 114 Å². The van der Waals surface area contributed by atoms with E-state index in [1.807, 2.05) is 68.4 Å². The van der Waals surface area contributed by atoms with Gasteiger partial charge in [0.05, 0.1) is 11.0 Å². The van der Waals surface area contributed by atoms with Gasteiger partial charge in [0.15, 0.2) is 6.23 Å². The minimum absolute atomic E-state index is 0.238. The summed E-state index contributed by atoms with van der Waals surface area (Å²) in [5, 5.41) is 0. The predicted molar refractivity (Wildman–Crippen MR) is 123 cm³/mol. The molecule has 1 aliphatic rings. The Kier molecular flexibility index (Phi) is 6.10. The van der Waals surface area contributed by atoms with E-state index in [1.54, 1.807) is 18.2 Å². The van der Waals surface area contributed by atoms with Gasteiger partial charge in [0.1, 0.15) is 0 Å². The summed E-state index contributed by atoms with van der Waals surface area (Å²) < 4.78 is 35.4. The molecule has 4 nitrogen and oxygen atoms in total. The number of hydrogen-bond acceptors (Lipinski definition) is 3. The molecule has 0 aliphatic carbocycles. The van der Waals surface area contributed by atoms with Gasteiger partial charge >= 0.3 is 0 Å². The van der Waals surface area contributed by atoms with E-state index >= 15 is 0 Å². The Bertz CT molecular complexity index is 1140. The minimum atomic E-state index is -3.81. The largest absolute Gasteiger partial charge is 0.350 e. The lowest BCUT2D eigenvalue weighted by Crippen LogP contribution is -2.47. The topological polar surface area (TPSA) is 46.6 Å². The Balaban J connectivity index is 1.79. The highest BCUT2D eigenvalue weighted by Crippen LogP contribution is 2.43. The molecule has 0 saturated carbocycles. The van der Waals surface area contributed by atoms with Gasteiger partial charge in [-0.15, -0.1) is 6.58 Å². The van der Waals surface area contributed by atoms with E-state index in [0.717, 1.165) is 16.7 Å². The summed E-state index contributed by atoms with van der Waals surface area (Å²) in [4.78, 5) is 0.253. The van der Waals surface area contributed by atoms with Crippen molar-refractivity contribution < 1.29 is 13.2 Å². The maximum Gasteiger partial charge on any atom is 0.246 e. The summed E-state index contributed by atoms with van der Waals surface area (Å²) in [6.07, 6.45) is 1.22. The Morgan fingerprint density at radius 1 is 0.871 bits per heavy atom. The van der Waals surface area contributed by atoms with Crippen molar-refractivity contribution in [2.24, 2.45) is 0 Å². The molecule has 3 aromatic rings. The average Bonchev–Trinajstić information content (AvgIpc) is 2.79. The van der Waals surface area contributed by atoms with Crippen molar-refractivity contribution in [2.45, 2.75) is 43.5 Å². The smallest absolute Gasteiger partial charge is 0.246 e. The third-order valence-corrected chi connectivity index (χ3v) is 7.59. The molecule has 3 atom stereocenters. The fourth-order valence-electron chi connectivity index (χ4n) is 3.94. The van der Waals surface area contributed by atoms with E-state index < -0.39 is 22.3 Å². The molecular formula is C26H27NO3S. The van der Waals surface area contributed by atoms with E-state index in [9.17, 15) is 8.42 Å². The molecule has 31 heavy (non-hydrogen) atoms. The van der Waals surface area contributed by atoms with Crippen molar-refractivity contribution in [2.75, 3.05) is 0 Å². The van der Waals surface area contributed by atoms with Crippen molar-refractivity contribution in [3.63, 3.8) is 0 Å². The second kappa shape index (κ2) is 8.79. The third-order valence-electron chi connectivity index (χ3n) is 5.71. The molecule has 1 heterocycles. The Morgan fingerprint density at radius 3 is 2.03 bits per heavy atom. The fraction of sp³-hybridized carbons (Fsp3) is 0.231. The molecule has 1 aliphatic heterocycles. The molecular weight excluding hydrogens is 406 g/mol. The van der Waals surface area contributed by atoms with E-state index in [-0.39, 0.29) is 11.0 Å². The predicted octanol–water partition coefficient (Wildman–Crippen LogP) is 5.71. The van der Waals surface area contributed by atoms with Crippen LogP contribution in [0.25, 0.3) is 0 Å². The van der Waals surface area contributed by atoms with Gasteiger partial charge in [-0.25, -0.2) is 8.42 Å². The summed E-state index contributed by atoms with van der Waals surface area (Å²) in [6.45, 7) is 7.94. The van der Waals surface area contributed by atoms with Crippen LogP contribution in [-0.4, -0.2) is 18.8 Å². The zero-order valence-electron chi connectivity index (χ0n) is 17.8. The Hall–Kier alpha value is -2.73. The van der Waals surface area contributed by atoms with Crippen LogP contribution < -0.4 is 0 Å². The van der Waals surface area contributed by atoms with E-state index in [4.69, 9.17) is 4.74 Å². The highest BCUT2D eigenvalue weighted by Gasteiger charge is 2.43. The summed E-state index contributed by atoms with van der Waals surface area (Å²) in [7, 11) is -3.81. The molecule has 0 aromatic heterocycles. The van der Waals surface area contributed by atoms with Crippen LogP contribution in [0.4, 0.5) is 0 Å². The molecule has 0 amide bonds. The van der Waals surface area contributed by atoms with Crippen LogP contribution in [0.3, 0.4) is 0 Å². The van der Waals surface area contributed by atoms with Crippen LogP contribution in [0.1, 0.15) is 41.0 Å². The van der Waals surface area contributed by atoms with Crippen LogP contribution >= 0.6 is 0 Å². The molecule has 0 radical (unpaired) electrons. The zero-order valence-corrected chi connectivity index (χ0v) is 18.6. The number of rotatable bonds is 5. The second-order valence-electron chi connectivity index (χ2n) is 7.99. The monoisotopic (exact) mass is 433 g/mol. The van der Waals surface area contributed by atoms with Crippen LogP contribution in [0.15, 0.2) is 96.4 Å². The summed E-state index contributed by atoms with van der Waals surface area (Å²) in [5.74, 6) is 0. The number of ether oxygens (including phenoxy) is 1. The number of benzene rings is 3. The quantitative estimate of drug-likeness (QED) is 0.484. The van der Waals surface area contributed by atoms with Crippen LogP contribution in [0, 0.1) is 13.8 Å². The lowest BCUT2D eigenvalue weighted by atomic mass is 9.98. The molecule has 0 N–H and O–H groups in total. The fourth-order valence-corrected chi connectivity index (χ4v) is 5.62. The van der Waals surface area contributed by atoms with Gasteiger partial charge in [0.25, 0.3) is 0 Å². The molecule has 1 saturated heterocycles. The van der Waals surface area contributed by atoms with Gasteiger partial charge in [0, 0.05) is 6.04 Å². The average molecular weight is 434 g/mol. The standard InChI is InChI=1S/C26H27NO3S/c1-4-23-18-25(21-14-10-19(2)11-15-21)30-26(22-8-6-5-7-9-22)27(23)31(28,29)24-16-12-20(3)13-17-24/h4-17,23,25-26H,1,18H2,2-3H3/t23-,25+,26+/m1/s1. The summed E-state index contributed by atoms with van der Waals surface area (Å²) in [5.41, 5.74) is 4.00. The number of sulfonamides is 1. The van der Waals surface area contributed by atoms with Crippen LogP contribution in [0.2, 0.25) is 0 Å². The summed E-state index contributed by atoms with van der Waals surface area (Å²) >= 11 is 0. The van der Waals surface area contributed by atoms with Crippen molar-refractivity contribution >= 4 is 10.0 Å². The Morgan fingerprint density at radius 2 is 1.45 bits per heavy atom. The van der Waals surface area contributed by atoms with Gasteiger partial charge in [-0.3, -0.25) is 0 Å². The maximum absolute atomic E-state index is 13.7. The third kappa shape index (κ3) is 4.35. The van der Waals surface area contributed by atoms with Gasteiger partial charge in [-0.05, 0) is 43.5 Å². The molecule has 5 heteroatoms. The molecule has 3 aromatic carbocycles. The van der Waals surface area contributed by atoms with Crippen LogP contribution in [-0.2, 0) is 14.8 Å². The highest BCUT2D eigenvalue weighted by molar-refractivity contribution is 7.89. The molecule has 0 spiro atoms. The van der Waals surface area contributed by atoms with E-state index in [0.29, 0.717) is 6.42 Å². The number of aryl methyl sites for hydroxylation is 2. The van der Waals surface area contributed by atoms with Crippen LogP contribution in [0.5, 0.6) is 0 Å². The van der Waals surface area contributed by atoms with Gasteiger partial charge in [-0.1, -0.05) is 83.9 Å². The Labute approximate surface area is 184 Å². The lowest BCUT2D eigenvalue weighted by molar-refractivity contribution is -0.125. The maximum atomic E-state index is 13.7. The van der Waals surface area contributed by atoms with Crippen molar-refractivity contribution in [3.8, 4) is 0 Å². The van der Waals surface area contributed by atoms with Gasteiger partial charge < -0.3 is 4.74 Å². The molecule has 4 rings (SSSR count). The minimum Gasteiger partial charge on any atom is -0.350 e. The van der Waals surface area contributed by atoms with Gasteiger partial charge in [-0.2, -0.15) is 4.31 Å². The van der Waals surface area contributed by atoms with E-state index in [1.165, 1.54) is 9.87 Å². The number of nitrogens with zero attached hydrogens (tertiary/aromatic N) is 1. The van der Waals surface area contributed by atoms with Crippen molar-refractivity contribution in [1.29, 1.82) is 0 Å². The summed E-state index contributed by atoms with van der Waals surface area (Å²) in [6, 6.07) is 24.2. The molecule has 160 valence electrons. The zero-order chi connectivity index (χ0) is 22.0. The normalized spacial score (nSPS) is 22.2. The second-order valence-corrected chi connectivity index (χ2v) is 9.83. The highest BCUT2D eigenvalue weighted by atomic mass is 32.2. The first-order valence-corrected chi connectivity index (χ1v) is 11.8.